The number of ether oxygens (including phenoxy) is 1. The number of likely N-dealkylation sites (tertiary alicyclic amines) is 1. The summed E-state index contributed by atoms with van der Waals surface area (Å²) in [5, 5.41) is 0. The molecule has 124 valence electrons. The van der Waals surface area contributed by atoms with Crippen LogP contribution in [0.25, 0.3) is 0 Å². The largest absolute Gasteiger partial charge is 0.370 e. The van der Waals surface area contributed by atoms with Crippen molar-refractivity contribution < 1.29 is 4.74 Å². The van der Waals surface area contributed by atoms with Gasteiger partial charge in [0, 0.05) is 18.6 Å². The van der Waals surface area contributed by atoms with Gasteiger partial charge in [0.15, 0.2) is 0 Å². The van der Waals surface area contributed by atoms with Crippen molar-refractivity contribution in [3.8, 4) is 0 Å². The molecule has 1 aromatic carbocycles. The van der Waals surface area contributed by atoms with Gasteiger partial charge in [-0.05, 0) is 44.6 Å². The maximum atomic E-state index is 6.58. The predicted octanol–water partition coefficient (Wildman–Crippen LogP) is 5.05. The molecule has 1 saturated heterocycles. The summed E-state index contributed by atoms with van der Waals surface area (Å²) in [7, 11) is 0. The van der Waals surface area contributed by atoms with Crippen molar-refractivity contribution in [2.75, 3.05) is 13.1 Å². The number of piperidine rings is 1. The zero-order chi connectivity index (χ0) is 16.4. The lowest BCUT2D eigenvalue weighted by atomic mass is 9.84. The number of rotatable bonds is 3. The van der Waals surface area contributed by atoms with Crippen molar-refractivity contribution in [3.63, 3.8) is 0 Å². The molecule has 0 aliphatic carbocycles. The van der Waals surface area contributed by atoms with Crippen molar-refractivity contribution in [1.29, 1.82) is 0 Å². The van der Waals surface area contributed by atoms with Crippen molar-refractivity contribution in [2.24, 2.45) is 5.41 Å². The Morgan fingerprint density at radius 1 is 0.955 bits per heavy atom. The van der Waals surface area contributed by atoms with E-state index in [9.17, 15) is 0 Å². The summed E-state index contributed by atoms with van der Waals surface area (Å²) in [6.07, 6.45) is 2.82. The summed E-state index contributed by atoms with van der Waals surface area (Å²) in [5.74, 6) is 0. The summed E-state index contributed by atoms with van der Waals surface area (Å²) in [4.78, 5) is 2.57. The fourth-order valence-electron chi connectivity index (χ4n) is 3.27. The first-order chi connectivity index (χ1) is 10.2. The molecule has 1 unspecified atom stereocenters. The van der Waals surface area contributed by atoms with Crippen LogP contribution in [0.2, 0.25) is 0 Å². The van der Waals surface area contributed by atoms with Crippen LogP contribution in [0.15, 0.2) is 30.3 Å². The van der Waals surface area contributed by atoms with Crippen molar-refractivity contribution in [2.45, 2.75) is 72.1 Å². The van der Waals surface area contributed by atoms with Crippen LogP contribution in [0, 0.1) is 5.41 Å². The third kappa shape index (κ3) is 4.57. The Bertz CT molecular complexity index is 447. The third-order valence-electron chi connectivity index (χ3n) is 4.61. The lowest BCUT2D eigenvalue weighted by Gasteiger charge is -2.42. The highest BCUT2D eigenvalue weighted by Crippen LogP contribution is 2.38. The molecule has 0 bridgehead atoms. The second kappa shape index (κ2) is 6.72. The fraction of sp³-hybridized carbons (Fsp3) is 0.700. The number of hydrogen-bond acceptors (Lipinski definition) is 2. The smallest absolute Gasteiger partial charge is 0.0876 e. The summed E-state index contributed by atoms with van der Waals surface area (Å²) in [6.45, 7) is 16.0. The average Bonchev–Trinajstić information content (AvgIpc) is 2.44. The zero-order valence-electron chi connectivity index (χ0n) is 15.2. The van der Waals surface area contributed by atoms with Gasteiger partial charge in [-0.15, -0.1) is 0 Å². The van der Waals surface area contributed by atoms with E-state index in [-0.39, 0.29) is 17.1 Å². The van der Waals surface area contributed by atoms with Gasteiger partial charge < -0.3 is 4.74 Å². The molecule has 0 aromatic heterocycles. The van der Waals surface area contributed by atoms with Gasteiger partial charge in [-0.25, -0.2) is 0 Å². The molecule has 1 atom stereocenters. The Labute approximate surface area is 136 Å². The Morgan fingerprint density at radius 3 is 1.95 bits per heavy atom. The topological polar surface area (TPSA) is 12.5 Å². The van der Waals surface area contributed by atoms with Crippen molar-refractivity contribution >= 4 is 0 Å². The van der Waals surface area contributed by atoms with Crippen LogP contribution in [0.3, 0.4) is 0 Å². The van der Waals surface area contributed by atoms with Crippen LogP contribution in [0.4, 0.5) is 0 Å². The molecule has 1 fully saturated rings. The Hall–Kier alpha value is -0.860. The summed E-state index contributed by atoms with van der Waals surface area (Å²) >= 11 is 0. The molecule has 1 aliphatic heterocycles. The molecule has 2 heteroatoms. The van der Waals surface area contributed by atoms with E-state index >= 15 is 0 Å². The second-order valence-electron chi connectivity index (χ2n) is 8.65. The standard InChI is InChI=1S/C20H33NO/c1-19(2,3)18(16-10-8-7-9-11-16)22-17-12-14-21(15-13-17)20(4,5)6/h7-11,17-18H,12-15H2,1-6H3. The van der Waals surface area contributed by atoms with Crippen LogP contribution in [0.1, 0.15) is 66.1 Å². The minimum absolute atomic E-state index is 0.114. The molecular weight excluding hydrogens is 270 g/mol. The first-order valence-electron chi connectivity index (χ1n) is 8.63. The van der Waals surface area contributed by atoms with Crippen LogP contribution >= 0.6 is 0 Å². The molecule has 0 N–H and O–H groups in total. The van der Waals surface area contributed by atoms with E-state index in [0.29, 0.717) is 6.10 Å². The summed E-state index contributed by atoms with van der Waals surface area (Å²) < 4.78 is 6.58. The first-order valence-corrected chi connectivity index (χ1v) is 8.63. The van der Waals surface area contributed by atoms with Crippen LogP contribution < -0.4 is 0 Å². The summed E-state index contributed by atoms with van der Waals surface area (Å²) in [6, 6.07) is 10.7. The molecule has 1 heterocycles. The van der Waals surface area contributed by atoms with Crippen molar-refractivity contribution in [1.82, 2.24) is 4.90 Å². The minimum atomic E-state index is 0.114. The van der Waals surface area contributed by atoms with E-state index in [1.54, 1.807) is 0 Å². The van der Waals surface area contributed by atoms with Crippen LogP contribution in [-0.4, -0.2) is 29.6 Å². The van der Waals surface area contributed by atoms with E-state index < -0.39 is 0 Å². The predicted molar refractivity (Wildman–Crippen MR) is 94.1 cm³/mol. The Kier molecular flexibility index (Phi) is 5.34. The molecule has 0 amide bonds. The quantitative estimate of drug-likeness (QED) is 0.774. The molecule has 22 heavy (non-hydrogen) atoms. The maximum absolute atomic E-state index is 6.58. The normalized spacial score (nSPS) is 20.1. The third-order valence-corrected chi connectivity index (χ3v) is 4.61. The molecule has 1 aliphatic rings. The van der Waals surface area contributed by atoms with Gasteiger partial charge in [0.2, 0.25) is 0 Å². The molecule has 0 saturated carbocycles. The number of hydrogen-bond donors (Lipinski definition) is 0. The molecule has 2 nitrogen and oxygen atoms in total. The van der Waals surface area contributed by atoms with Gasteiger partial charge >= 0.3 is 0 Å². The fourth-order valence-corrected chi connectivity index (χ4v) is 3.27. The monoisotopic (exact) mass is 303 g/mol. The highest BCUT2D eigenvalue weighted by Gasteiger charge is 2.33. The molecular formula is C20H33NO. The average molecular weight is 303 g/mol. The number of nitrogens with zero attached hydrogens (tertiary/aromatic N) is 1. The molecule has 2 rings (SSSR count). The maximum Gasteiger partial charge on any atom is 0.0876 e. The Morgan fingerprint density at radius 2 is 1.50 bits per heavy atom. The highest BCUT2D eigenvalue weighted by molar-refractivity contribution is 5.19. The van der Waals surface area contributed by atoms with E-state index in [1.165, 1.54) is 5.56 Å². The van der Waals surface area contributed by atoms with E-state index in [1.807, 2.05) is 0 Å². The minimum Gasteiger partial charge on any atom is -0.370 e. The zero-order valence-corrected chi connectivity index (χ0v) is 15.2. The van der Waals surface area contributed by atoms with Crippen LogP contribution in [0.5, 0.6) is 0 Å². The van der Waals surface area contributed by atoms with Crippen LogP contribution in [-0.2, 0) is 4.74 Å². The first kappa shape index (κ1) is 17.5. The van der Waals surface area contributed by atoms with E-state index in [2.05, 4.69) is 76.8 Å². The van der Waals surface area contributed by atoms with E-state index in [4.69, 9.17) is 4.74 Å². The molecule has 1 aromatic rings. The van der Waals surface area contributed by atoms with Gasteiger partial charge in [0.25, 0.3) is 0 Å². The highest BCUT2D eigenvalue weighted by atomic mass is 16.5. The number of benzene rings is 1. The second-order valence-corrected chi connectivity index (χ2v) is 8.65. The van der Waals surface area contributed by atoms with Gasteiger partial charge in [-0.1, -0.05) is 51.1 Å². The summed E-state index contributed by atoms with van der Waals surface area (Å²) in [5.41, 5.74) is 1.68. The lowest BCUT2D eigenvalue weighted by Crippen LogP contribution is -2.48. The van der Waals surface area contributed by atoms with E-state index in [0.717, 1.165) is 25.9 Å². The van der Waals surface area contributed by atoms with Crippen molar-refractivity contribution in [3.05, 3.63) is 35.9 Å². The van der Waals surface area contributed by atoms with Gasteiger partial charge in [-0.2, -0.15) is 0 Å². The van der Waals surface area contributed by atoms with Gasteiger partial charge in [0.1, 0.15) is 0 Å². The molecule has 0 radical (unpaired) electrons. The lowest BCUT2D eigenvalue weighted by molar-refractivity contribution is -0.0951. The van der Waals surface area contributed by atoms with Gasteiger partial charge in [-0.3, -0.25) is 4.90 Å². The van der Waals surface area contributed by atoms with Gasteiger partial charge in [0.05, 0.1) is 12.2 Å². The molecule has 0 spiro atoms. The Balaban J connectivity index is 2.01. The SMILES string of the molecule is CC(C)(C)C(OC1CCN(C(C)(C)C)CC1)c1ccccc1.